The van der Waals surface area contributed by atoms with E-state index < -0.39 is 0 Å². The van der Waals surface area contributed by atoms with Crippen LogP contribution < -0.4 is 10.6 Å². The van der Waals surface area contributed by atoms with Crippen molar-refractivity contribution in [2.75, 3.05) is 23.7 Å². The van der Waals surface area contributed by atoms with E-state index >= 15 is 0 Å². The average molecular weight is 337 g/mol. The summed E-state index contributed by atoms with van der Waals surface area (Å²) >= 11 is 0. The maximum absolute atomic E-state index is 6.15. The number of rotatable bonds is 3. The summed E-state index contributed by atoms with van der Waals surface area (Å²) in [6, 6.07) is 8.22. The summed E-state index contributed by atoms with van der Waals surface area (Å²) in [5.74, 6) is 2.62. The van der Waals surface area contributed by atoms with Gasteiger partial charge in [0.05, 0.1) is 5.52 Å². The monoisotopic (exact) mass is 337 g/mol. The first-order valence-corrected chi connectivity index (χ1v) is 8.80. The first-order valence-electron chi connectivity index (χ1n) is 8.80. The highest BCUT2D eigenvalue weighted by Gasteiger charge is 2.27. The van der Waals surface area contributed by atoms with Crippen LogP contribution in [0.5, 0.6) is 0 Å². The van der Waals surface area contributed by atoms with E-state index in [9.17, 15) is 0 Å². The lowest BCUT2D eigenvalue weighted by molar-refractivity contribution is 0.451. The zero-order valence-electron chi connectivity index (χ0n) is 14.6. The Hall–Kier alpha value is -2.70. The summed E-state index contributed by atoms with van der Waals surface area (Å²) in [6.07, 6.45) is 4.00. The molecule has 1 aliphatic rings. The molecule has 1 saturated heterocycles. The molecule has 0 spiro atoms. The van der Waals surface area contributed by atoms with Gasteiger partial charge in [-0.05, 0) is 38.8 Å². The molecule has 0 aliphatic carbocycles. The highest BCUT2D eigenvalue weighted by Crippen LogP contribution is 2.30. The minimum Gasteiger partial charge on any atom is -0.383 e. The quantitative estimate of drug-likeness (QED) is 0.791. The summed E-state index contributed by atoms with van der Waals surface area (Å²) in [5, 5.41) is 9.39. The third-order valence-electron chi connectivity index (χ3n) is 4.85. The summed E-state index contributed by atoms with van der Waals surface area (Å²) in [5.41, 5.74) is 7.04. The number of benzene rings is 1. The van der Waals surface area contributed by atoms with Gasteiger partial charge in [-0.25, -0.2) is 4.98 Å². The molecular formula is C18H23N7. The van der Waals surface area contributed by atoms with Crippen molar-refractivity contribution in [3.05, 3.63) is 36.4 Å². The van der Waals surface area contributed by atoms with Crippen LogP contribution in [0.3, 0.4) is 0 Å². The van der Waals surface area contributed by atoms with Crippen LogP contribution >= 0.6 is 0 Å². The number of piperidine rings is 1. The predicted molar refractivity (Wildman–Crippen MR) is 98.5 cm³/mol. The fraction of sp³-hybridized carbons (Fsp3) is 0.444. The van der Waals surface area contributed by atoms with Crippen LogP contribution in [-0.4, -0.2) is 37.8 Å². The number of anilines is 2. The highest BCUT2D eigenvalue weighted by atomic mass is 15.3. The molecule has 1 atom stereocenters. The maximum atomic E-state index is 6.15. The Morgan fingerprint density at radius 1 is 1.20 bits per heavy atom. The van der Waals surface area contributed by atoms with Crippen LogP contribution in [0.1, 0.15) is 44.5 Å². The third-order valence-corrected chi connectivity index (χ3v) is 4.85. The Kier molecular flexibility index (Phi) is 3.99. The second-order valence-electron chi connectivity index (χ2n) is 6.90. The van der Waals surface area contributed by atoms with Crippen molar-refractivity contribution in [3.8, 4) is 0 Å². The molecule has 1 aliphatic heterocycles. The number of nitrogen functional groups attached to an aromatic ring is 1. The van der Waals surface area contributed by atoms with E-state index in [1.807, 2.05) is 30.6 Å². The van der Waals surface area contributed by atoms with Gasteiger partial charge in [-0.15, -0.1) is 10.2 Å². The minimum absolute atomic E-state index is 0.329. The van der Waals surface area contributed by atoms with Crippen LogP contribution in [0.2, 0.25) is 0 Å². The molecule has 2 aromatic heterocycles. The van der Waals surface area contributed by atoms with E-state index in [1.165, 1.54) is 0 Å². The second-order valence-corrected chi connectivity index (χ2v) is 6.90. The number of hydrogen-bond donors (Lipinski definition) is 1. The molecule has 1 fully saturated rings. The molecule has 7 heteroatoms. The largest absolute Gasteiger partial charge is 0.383 e. The van der Waals surface area contributed by atoms with E-state index in [-0.39, 0.29) is 0 Å². The van der Waals surface area contributed by atoms with Gasteiger partial charge in [0, 0.05) is 30.4 Å². The number of hydrogen-bond acceptors (Lipinski definition) is 6. The van der Waals surface area contributed by atoms with Crippen molar-refractivity contribution in [2.24, 2.45) is 0 Å². The normalized spacial score (nSPS) is 18.2. The molecule has 0 amide bonds. The topological polar surface area (TPSA) is 85.8 Å². The first kappa shape index (κ1) is 15.8. The number of para-hydroxylation sites is 1. The molecule has 1 unspecified atom stereocenters. The van der Waals surface area contributed by atoms with Gasteiger partial charge in [-0.2, -0.15) is 4.98 Å². The molecule has 25 heavy (non-hydrogen) atoms. The number of aromatic nitrogens is 5. The standard InChI is InChI=1S/C18H23N7/c1-12(2)25-11-20-23-17(25)13-6-5-9-24(10-13)18-21-15-8-4-3-7-14(15)16(19)22-18/h3-4,7-8,11-13H,5-6,9-10H2,1-2H3,(H2,19,21,22). The van der Waals surface area contributed by atoms with E-state index in [0.29, 0.717) is 23.7 Å². The van der Waals surface area contributed by atoms with E-state index in [0.717, 1.165) is 42.7 Å². The lowest BCUT2D eigenvalue weighted by atomic mass is 9.97. The zero-order chi connectivity index (χ0) is 17.4. The molecule has 0 saturated carbocycles. The smallest absolute Gasteiger partial charge is 0.227 e. The van der Waals surface area contributed by atoms with Crippen LogP contribution in [-0.2, 0) is 0 Å². The van der Waals surface area contributed by atoms with Gasteiger partial charge in [0.15, 0.2) is 0 Å². The maximum Gasteiger partial charge on any atom is 0.227 e. The van der Waals surface area contributed by atoms with Crippen molar-refractivity contribution >= 4 is 22.7 Å². The molecule has 1 aromatic carbocycles. The molecular weight excluding hydrogens is 314 g/mol. The van der Waals surface area contributed by atoms with Crippen molar-refractivity contribution in [3.63, 3.8) is 0 Å². The van der Waals surface area contributed by atoms with Crippen LogP contribution in [0.4, 0.5) is 11.8 Å². The Labute approximate surface area is 146 Å². The lowest BCUT2D eigenvalue weighted by Crippen LogP contribution is -2.36. The highest BCUT2D eigenvalue weighted by molar-refractivity contribution is 5.88. The third kappa shape index (κ3) is 2.90. The van der Waals surface area contributed by atoms with Gasteiger partial charge in [0.25, 0.3) is 0 Å². The fourth-order valence-electron chi connectivity index (χ4n) is 3.54. The van der Waals surface area contributed by atoms with Crippen molar-refractivity contribution in [1.29, 1.82) is 0 Å². The van der Waals surface area contributed by atoms with Gasteiger partial charge in [0.2, 0.25) is 5.95 Å². The van der Waals surface area contributed by atoms with Crippen molar-refractivity contribution in [2.45, 2.75) is 38.6 Å². The Morgan fingerprint density at radius 3 is 2.88 bits per heavy atom. The summed E-state index contributed by atoms with van der Waals surface area (Å²) < 4.78 is 2.16. The van der Waals surface area contributed by atoms with Gasteiger partial charge in [0.1, 0.15) is 18.0 Å². The molecule has 0 radical (unpaired) electrons. The summed E-state index contributed by atoms with van der Waals surface area (Å²) in [6.45, 7) is 6.08. The molecule has 130 valence electrons. The minimum atomic E-state index is 0.329. The van der Waals surface area contributed by atoms with Crippen LogP contribution in [0.25, 0.3) is 10.9 Å². The molecule has 4 rings (SSSR count). The Morgan fingerprint density at radius 2 is 2.04 bits per heavy atom. The van der Waals surface area contributed by atoms with Crippen LogP contribution in [0.15, 0.2) is 30.6 Å². The number of nitrogens with two attached hydrogens (primary N) is 1. The molecule has 0 bridgehead atoms. The number of nitrogens with zero attached hydrogens (tertiary/aromatic N) is 6. The number of fused-ring (bicyclic) bond motifs is 1. The Balaban J connectivity index is 1.64. The predicted octanol–water partition coefficient (Wildman–Crippen LogP) is 2.77. The summed E-state index contributed by atoms with van der Waals surface area (Å²) in [7, 11) is 0. The van der Waals surface area contributed by atoms with Gasteiger partial charge in [-0.1, -0.05) is 12.1 Å². The lowest BCUT2D eigenvalue weighted by Gasteiger charge is -2.33. The van der Waals surface area contributed by atoms with E-state index in [4.69, 9.17) is 10.7 Å². The molecule has 3 aromatic rings. The van der Waals surface area contributed by atoms with Gasteiger partial charge >= 0.3 is 0 Å². The SMILES string of the molecule is CC(C)n1cnnc1C1CCCN(c2nc(N)c3ccccc3n2)C1. The average Bonchev–Trinajstić information content (AvgIpc) is 3.12. The van der Waals surface area contributed by atoms with Crippen molar-refractivity contribution in [1.82, 2.24) is 24.7 Å². The fourth-order valence-corrected chi connectivity index (χ4v) is 3.54. The van der Waals surface area contributed by atoms with Crippen molar-refractivity contribution < 1.29 is 0 Å². The molecule has 2 N–H and O–H groups in total. The Bertz CT molecular complexity index is 886. The van der Waals surface area contributed by atoms with E-state index in [2.05, 4.69) is 38.5 Å². The van der Waals surface area contributed by atoms with E-state index in [1.54, 1.807) is 0 Å². The zero-order valence-corrected chi connectivity index (χ0v) is 14.6. The van der Waals surface area contributed by atoms with Gasteiger partial charge in [-0.3, -0.25) is 0 Å². The summed E-state index contributed by atoms with van der Waals surface area (Å²) in [4.78, 5) is 11.5. The first-order chi connectivity index (χ1) is 12.1. The van der Waals surface area contributed by atoms with Gasteiger partial charge < -0.3 is 15.2 Å². The van der Waals surface area contributed by atoms with Crippen LogP contribution in [0, 0.1) is 0 Å². The molecule has 7 nitrogen and oxygen atoms in total. The molecule has 3 heterocycles. The second kappa shape index (κ2) is 6.31.